The molecule has 2 aromatic heterocycles. The zero-order valence-corrected chi connectivity index (χ0v) is 36.0. The van der Waals surface area contributed by atoms with E-state index in [1.54, 1.807) is 4.88 Å². The number of rotatable bonds is 3. The molecule has 0 bridgehead atoms. The van der Waals surface area contributed by atoms with Gasteiger partial charge in [0.1, 0.15) is 0 Å². The van der Waals surface area contributed by atoms with Crippen LogP contribution in [0, 0.1) is 0 Å². The fourth-order valence-corrected chi connectivity index (χ4v) is 10.5. The summed E-state index contributed by atoms with van der Waals surface area (Å²) in [4.78, 5) is 3.83. The molecule has 1 aliphatic carbocycles. The van der Waals surface area contributed by atoms with Gasteiger partial charge >= 0.3 is 0 Å². The Bertz CT molecular complexity index is 2990. The molecular weight excluding hydrogens is 753 g/mol. The van der Waals surface area contributed by atoms with E-state index in [0.717, 1.165) is 41.9 Å². The van der Waals surface area contributed by atoms with Crippen LogP contribution in [0.4, 0.5) is 17.1 Å². The van der Waals surface area contributed by atoms with Crippen LogP contribution in [0.25, 0.3) is 58.8 Å². The Morgan fingerprint density at radius 1 is 0.661 bits per heavy atom. The second kappa shape index (κ2) is 17.7. The van der Waals surface area contributed by atoms with E-state index in [1.165, 1.54) is 74.4 Å². The number of anilines is 3. The Labute approximate surface area is 356 Å². The van der Waals surface area contributed by atoms with Crippen LogP contribution in [0.1, 0.15) is 66.8 Å². The number of thiophene rings is 2. The minimum absolute atomic E-state index is 0.834. The first-order valence-electron chi connectivity index (χ1n) is 20.7. The molecule has 0 saturated carbocycles. The van der Waals surface area contributed by atoms with Gasteiger partial charge in [-0.05, 0) is 112 Å². The Morgan fingerprint density at radius 2 is 1.32 bits per heavy atom. The first-order valence-corrected chi connectivity index (χ1v) is 22.3. The van der Waals surface area contributed by atoms with Crippen molar-refractivity contribution in [2.45, 2.75) is 47.0 Å². The van der Waals surface area contributed by atoms with Crippen LogP contribution in [0.15, 0.2) is 170 Å². The van der Waals surface area contributed by atoms with E-state index in [9.17, 15) is 0 Å². The third-order valence-corrected chi connectivity index (χ3v) is 13.2. The van der Waals surface area contributed by atoms with Crippen LogP contribution >= 0.6 is 22.7 Å². The van der Waals surface area contributed by atoms with Gasteiger partial charge in [-0.1, -0.05) is 149 Å². The van der Waals surface area contributed by atoms with Crippen molar-refractivity contribution in [3.05, 3.63) is 203 Å². The molecule has 292 valence electrons. The van der Waals surface area contributed by atoms with Crippen molar-refractivity contribution in [3.63, 3.8) is 0 Å². The zero-order chi connectivity index (χ0) is 40.9. The lowest BCUT2D eigenvalue weighted by atomic mass is 9.89. The average Bonchev–Trinajstić information content (AvgIpc) is 3.94. The summed E-state index contributed by atoms with van der Waals surface area (Å²) in [5, 5.41) is 6.47. The maximum Gasteiger partial charge on any atom is 0.0540 e. The largest absolute Gasteiger partial charge is 0.399 e. The molecule has 0 amide bonds. The maximum absolute atomic E-state index is 5.78. The molecule has 0 saturated heterocycles. The summed E-state index contributed by atoms with van der Waals surface area (Å²) in [6, 6.07) is 53.7. The molecule has 0 radical (unpaired) electrons. The molecule has 59 heavy (non-hydrogen) atoms. The summed E-state index contributed by atoms with van der Waals surface area (Å²) >= 11 is 3.75. The molecular formula is C55H50N2S2. The smallest absolute Gasteiger partial charge is 0.0540 e. The molecule has 4 heteroatoms. The summed E-state index contributed by atoms with van der Waals surface area (Å²) < 4.78 is 4.06. The predicted molar refractivity (Wildman–Crippen MR) is 264 cm³/mol. The Kier molecular flexibility index (Phi) is 11.9. The van der Waals surface area contributed by atoms with Crippen LogP contribution in [0.2, 0.25) is 0 Å². The van der Waals surface area contributed by atoms with Crippen molar-refractivity contribution >= 4 is 98.5 Å². The van der Waals surface area contributed by atoms with E-state index in [2.05, 4.69) is 183 Å². The van der Waals surface area contributed by atoms with Gasteiger partial charge in [0, 0.05) is 59.3 Å². The van der Waals surface area contributed by atoms with Crippen molar-refractivity contribution in [2.75, 3.05) is 10.6 Å². The number of fused-ring (bicyclic) bond motifs is 10. The number of allylic oxidation sites excluding steroid dienone is 1. The van der Waals surface area contributed by atoms with Crippen molar-refractivity contribution in [1.29, 1.82) is 0 Å². The quantitative estimate of drug-likeness (QED) is 0.180. The first-order chi connectivity index (χ1) is 28.9. The van der Waals surface area contributed by atoms with Crippen molar-refractivity contribution in [1.82, 2.24) is 0 Å². The van der Waals surface area contributed by atoms with E-state index < -0.39 is 0 Å². The van der Waals surface area contributed by atoms with Crippen molar-refractivity contribution in [3.8, 4) is 0 Å². The van der Waals surface area contributed by atoms with Crippen LogP contribution in [0.3, 0.4) is 0 Å². The normalized spacial score (nSPS) is 13.1. The number of aryl methyl sites for hydroxylation is 1. The Balaban J connectivity index is 0.000000137. The van der Waals surface area contributed by atoms with Gasteiger partial charge in [-0.15, -0.1) is 22.7 Å². The summed E-state index contributed by atoms with van der Waals surface area (Å²) in [5.74, 6) is 0. The summed E-state index contributed by atoms with van der Waals surface area (Å²) in [7, 11) is 0. The van der Waals surface area contributed by atoms with Crippen LogP contribution in [0.5, 0.6) is 0 Å². The minimum Gasteiger partial charge on any atom is -0.399 e. The first kappa shape index (κ1) is 39.6. The number of nitrogen functional groups attached to an aromatic ring is 1. The fourth-order valence-electron chi connectivity index (χ4n) is 8.10. The van der Waals surface area contributed by atoms with E-state index in [0.29, 0.717) is 0 Å². The number of nitrogens with zero attached hydrogens (tertiary/aromatic N) is 1. The van der Waals surface area contributed by atoms with E-state index in [4.69, 9.17) is 5.73 Å². The van der Waals surface area contributed by atoms with Gasteiger partial charge in [-0.2, -0.15) is 0 Å². The van der Waals surface area contributed by atoms with Crippen LogP contribution in [-0.4, -0.2) is 0 Å². The lowest BCUT2D eigenvalue weighted by Gasteiger charge is -2.28. The second-order valence-electron chi connectivity index (χ2n) is 14.8. The van der Waals surface area contributed by atoms with Gasteiger partial charge < -0.3 is 10.6 Å². The molecule has 2 nitrogen and oxygen atoms in total. The molecule has 9 aromatic rings. The summed E-state index contributed by atoms with van der Waals surface area (Å²) in [6.45, 7) is 13.0. The minimum atomic E-state index is 0.834. The summed E-state index contributed by atoms with van der Waals surface area (Å²) in [5.41, 5.74) is 17.9. The highest BCUT2D eigenvalue weighted by molar-refractivity contribution is 7.25. The van der Waals surface area contributed by atoms with Gasteiger partial charge in [-0.3, -0.25) is 0 Å². The van der Waals surface area contributed by atoms with E-state index in [1.807, 2.05) is 48.7 Å². The predicted octanol–water partition coefficient (Wildman–Crippen LogP) is 16.5. The monoisotopic (exact) mass is 802 g/mol. The molecule has 0 unspecified atom stereocenters. The highest BCUT2D eigenvalue weighted by Crippen LogP contribution is 2.43. The molecule has 2 N–H and O–H groups in total. The standard InChI is InChI=1S/C29H25N.C12H9NS.C12H10S.C2H6/c1-3-8-22-13-16-25(17-14-22)30-20-19-24-10-4-6-11-26(24)21(2)29-27-12-7-5-9-23(27)15-18-28(29)30;13-8-5-6-12-10(7-8)9-3-1-2-4-11(9)14-12;1-8-6-10-9-4-2-3-5-11(9)13-12(10)7-8;1-2/h4-7,9-20H,2-3,8H2,1H3;1-7H,13H2;2-6H,7H2,1H3;1-2H3/b20-19-;;;. The molecule has 11 rings (SSSR count). The second-order valence-corrected chi connectivity index (χ2v) is 17.0. The lowest BCUT2D eigenvalue weighted by Crippen LogP contribution is -2.13. The molecule has 0 spiro atoms. The van der Waals surface area contributed by atoms with Gasteiger partial charge in [0.15, 0.2) is 0 Å². The SMILES string of the molecule is C=C1c2ccccc2/C=C\N(c2ccc(CCC)cc2)c2ccc3ccccc3c21.CC.CC1=Cc2c(sc3ccccc23)C1.Nc1ccc2sc3ccccc3c2c1. The van der Waals surface area contributed by atoms with Crippen molar-refractivity contribution < 1.29 is 0 Å². The van der Waals surface area contributed by atoms with Crippen LogP contribution in [-0.2, 0) is 12.8 Å². The van der Waals surface area contributed by atoms with E-state index in [-0.39, 0.29) is 0 Å². The maximum atomic E-state index is 5.78. The van der Waals surface area contributed by atoms with Crippen molar-refractivity contribution in [2.24, 2.45) is 0 Å². The molecule has 0 atom stereocenters. The Hall–Kier alpha value is -6.20. The lowest BCUT2D eigenvalue weighted by molar-refractivity contribution is 0.922. The van der Waals surface area contributed by atoms with Gasteiger partial charge in [0.25, 0.3) is 0 Å². The third kappa shape index (κ3) is 8.12. The third-order valence-electron chi connectivity index (χ3n) is 10.9. The van der Waals surface area contributed by atoms with E-state index >= 15 is 0 Å². The molecule has 1 aliphatic heterocycles. The number of benzene rings is 7. The van der Waals surface area contributed by atoms with Gasteiger partial charge in [-0.25, -0.2) is 0 Å². The molecule has 7 aromatic carbocycles. The highest BCUT2D eigenvalue weighted by Gasteiger charge is 2.21. The van der Waals surface area contributed by atoms with Gasteiger partial charge in [0.2, 0.25) is 0 Å². The average molecular weight is 803 g/mol. The highest BCUT2D eigenvalue weighted by atomic mass is 32.1. The zero-order valence-electron chi connectivity index (χ0n) is 34.3. The Morgan fingerprint density at radius 3 is 2.10 bits per heavy atom. The topological polar surface area (TPSA) is 29.3 Å². The molecule has 0 fully saturated rings. The summed E-state index contributed by atoms with van der Waals surface area (Å²) in [6.07, 6.45) is 10.1. The fraction of sp³-hybridized carbons (Fsp3) is 0.127. The number of hydrogen-bond acceptors (Lipinski definition) is 4. The molecule has 2 aliphatic rings. The van der Waals surface area contributed by atoms with Gasteiger partial charge in [0.05, 0.1) is 5.69 Å². The van der Waals surface area contributed by atoms with Crippen LogP contribution < -0.4 is 10.6 Å². The molecule has 3 heterocycles. The number of nitrogens with two attached hydrogens (primary N) is 1. The number of hydrogen-bond donors (Lipinski definition) is 1.